The van der Waals surface area contributed by atoms with Gasteiger partial charge in [-0.25, -0.2) is 12.8 Å². The fourth-order valence-electron chi connectivity index (χ4n) is 2.66. The predicted octanol–water partition coefficient (Wildman–Crippen LogP) is 1.88. The van der Waals surface area contributed by atoms with E-state index in [4.69, 9.17) is 5.73 Å². The average Bonchev–Trinajstić information content (AvgIpc) is 2.38. The van der Waals surface area contributed by atoms with Gasteiger partial charge in [-0.1, -0.05) is 0 Å². The van der Waals surface area contributed by atoms with Crippen LogP contribution in [0.2, 0.25) is 0 Å². The first-order valence-corrected chi connectivity index (χ1v) is 8.28. The van der Waals surface area contributed by atoms with E-state index in [1.807, 2.05) is 6.92 Å². The number of halogens is 1. The van der Waals surface area contributed by atoms with Crippen LogP contribution in [0.4, 0.5) is 4.39 Å². The molecule has 1 aliphatic rings. The summed E-state index contributed by atoms with van der Waals surface area (Å²) < 4.78 is 39.9. The summed E-state index contributed by atoms with van der Waals surface area (Å²) in [5.74, 6) is -0.243. The van der Waals surface area contributed by atoms with E-state index in [2.05, 4.69) is 0 Å². The maximum Gasteiger partial charge on any atom is 0.243 e. The monoisotopic (exact) mass is 300 g/mol. The van der Waals surface area contributed by atoms with Gasteiger partial charge >= 0.3 is 0 Å². The minimum Gasteiger partial charge on any atom is -0.328 e. The zero-order chi connectivity index (χ0) is 14.9. The molecule has 1 aromatic carbocycles. The summed E-state index contributed by atoms with van der Waals surface area (Å²) in [6.45, 7) is 4.46. The third-order valence-electron chi connectivity index (χ3n) is 3.92. The summed E-state index contributed by atoms with van der Waals surface area (Å²) in [4.78, 5) is 0.184. The largest absolute Gasteiger partial charge is 0.328 e. The number of hydrogen-bond donors (Lipinski definition) is 1. The number of nitrogens with two attached hydrogens (primary N) is 1. The molecule has 2 N–H and O–H groups in total. The Morgan fingerprint density at radius 1 is 1.45 bits per heavy atom. The zero-order valence-electron chi connectivity index (χ0n) is 11.8. The van der Waals surface area contributed by atoms with Crippen LogP contribution in [-0.4, -0.2) is 31.9 Å². The van der Waals surface area contributed by atoms with Crippen molar-refractivity contribution in [2.75, 3.05) is 13.1 Å². The fourth-order valence-corrected chi connectivity index (χ4v) is 4.40. The predicted molar refractivity (Wildman–Crippen MR) is 76.3 cm³/mol. The smallest absolute Gasteiger partial charge is 0.243 e. The number of piperidine rings is 1. The van der Waals surface area contributed by atoms with Crippen molar-refractivity contribution in [2.45, 2.75) is 37.6 Å². The lowest BCUT2D eigenvalue weighted by Crippen LogP contribution is -2.45. The maximum atomic E-state index is 13.1. The number of benzene rings is 1. The van der Waals surface area contributed by atoms with Gasteiger partial charge in [0.05, 0.1) is 4.90 Å². The third-order valence-corrected chi connectivity index (χ3v) is 5.94. The Kier molecular flexibility index (Phi) is 4.46. The summed E-state index contributed by atoms with van der Waals surface area (Å²) in [5.41, 5.74) is 6.33. The Morgan fingerprint density at radius 3 is 2.75 bits per heavy atom. The van der Waals surface area contributed by atoms with Gasteiger partial charge in [-0.05, 0) is 56.4 Å². The van der Waals surface area contributed by atoms with Gasteiger partial charge in [0, 0.05) is 19.1 Å². The second-order valence-corrected chi connectivity index (χ2v) is 7.44. The lowest BCUT2D eigenvalue weighted by molar-refractivity contribution is 0.243. The molecule has 1 fully saturated rings. The molecule has 112 valence electrons. The summed E-state index contributed by atoms with van der Waals surface area (Å²) >= 11 is 0. The van der Waals surface area contributed by atoms with Crippen LogP contribution in [0.25, 0.3) is 0 Å². The van der Waals surface area contributed by atoms with Gasteiger partial charge in [-0.2, -0.15) is 4.31 Å². The van der Waals surface area contributed by atoms with E-state index in [-0.39, 0.29) is 16.9 Å². The zero-order valence-corrected chi connectivity index (χ0v) is 12.7. The van der Waals surface area contributed by atoms with Crippen molar-refractivity contribution in [2.24, 2.45) is 11.7 Å². The van der Waals surface area contributed by atoms with Gasteiger partial charge in [-0.3, -0.25) is 0 Å². The minimum atomic E-state index is -3.56. The average molecular weight is 300 g/mol. The summed E-state index contributed by atoms with van der Waals surface area (Å²) in [7, 11) is -3.56. The minimum absolute atomic E-state index is 0.0256. The molecule has 0 amide bonds. The van der Waals surface area contributed by atoms with E-state index in [1.54, 1.807) is 6.92 Å². The lowest BCUT2D eigenvalue weighted by Gasteiger charge is -2.34. The van der Waals surface area contributed by atoms with Crippen LogP contribution in [0.5, 0.6) is 0 Å². The molecule has 6 heteroatoms. The molecule has 1 aromatic rings. The van der Waals surface area contributed by atoms with E-state index >= 15 is 0 Å². The van der Waals surface area contributed by atoms with Crippen LogP contribution in [-0.2, 0) is 10.0 Å². The molecular weight excluding hydrogens is 279 g/mol. The number of nitrogens with zero attached hydrogens (tertiary/aromatic N) is 1. The summed E-state index contributed by atoms with van der Waals surface area (Å²) in [6.07, 6.45) is 1.76. The highest BCUT2D eigenvalue weighted by Gasteiger charge is 2.32. The van der Waals surface area contributed by atoms with Crippen LogP contribution < -0.4 is 5.73 Å². The van der Waals surface area contributed by atoms with Crippen molar-refractivity contribution >= 4 is 10.0 Å². The number of rotatable bonds is 3. The molecule has 0 aliphatic carbocycles. The Hall–Kier alpha value is -0.980. The van der Waals surface area contributed by atoms with Gasteiger partial charge in [0.1, 0.15) is 5.82 Å². The summed E-state index contributed by atoms with van der Waals surface area (Å²) in [5, 5.41) is 0. The van der Waals surface area contributed by atoms with Crippen LogP contribution in [0, 0.1) is 18.7 Å². The normalized spacial score (nSPS) is 22.7. The first kappa shape index (κ1) is 15.4. The molecule has 1 heterocycles. The Balaban J connectivity index is 2.30. The first-order chi connectivity index (χ1) is 9.32. The van der Waals surface area contributed by atoms with Crippen molar-refractivity contribution in [3.63, 3.8) is 0 Å². The standard InChI is InChI=1S/C14H21FN2O2S/c1-10-8-13(15)5-6-14(10)20(18,19)17-7-3-4-12(9-17)11(2)16/h5-6,8,11-12H,3-4,7,9,16H2,1-2H3/t11-,12-/m1/s1. The summed E-state index contributed by atoms with van der Waals surface area (Å²) in [6, 6.07) is 3.75. The van der Waals surface area contributed by atoms with Crippen molar-refractivity contribution in [3.05, 3.63) is 29.6 Å². The second kappa shape index (κ2) is 5.79. The Bertz CT molecular complexity index is 587. The van der Waals surface area contributed by atoms with Crippen molar-refractivity contribution in [1.82, 2.24) is 4.31 Å². The SMILES string of the molecule is Cc1cc(F)ccc1S(=O)(=O)N1CCC[C@@H]([C@@H](C)N)C1. The van der Waals surface area contributed by atoms with E-state index < -0.39 is 15.8 Å². The highest BCUT2D eigenvalue weighted by Crippen LogP contribution is 2.26. The van der Waals surface area contributed by atoms with Crippen LogP contribution in [0.3, 0.4) is 0 Å². The molecule has 0 bridgehead atoms. The molecule has 20 heavy (non-hydrogen) atoms. The molecule has 0 spiro atoms. The van der Waals surface area contributed by atoms with Gasteiger partial charge in [-0.15, -0.1) is 0 Å². The fraction of sp³-hybridized carbons (Fsp3) is 0.571. The number of sulfonamides is 1. The molecule has 1 aliphatic heterocycles. The third kappa shape index (κ3) is 3.02. The molecule has 2 atom stereocenters. The molecule has 4 nitrogen and oxygen atoms in total. The number of aryl methyl sites for hydroxylation is 1. The molecular formula is C14H21FN2O2S. The van der Waals surface area contributed by atoms with Crippen LogP contribution >= 0.6 is 0 Å². The molecule has 2 rings (SSSR count). The van der Waals surface area contributed by atoms with E-state index in [1.165, 1.54) is 22.5 Å². The van der Waals surface area contributed by atoms with Gasteiger partial charge in [0.15, 0.2) is 0 Å². The number of hydrogen-bond acceptors (Lipinski definition) is 3. The van der Waals surface area contributed by atoms with E-state index in [0.29, 0.717) is 18.7 Å². The first-order valence-electron chi connectivity index (χ1n) is 6.84. The van der Waals surface area contributed by atoms with Gasteiger partial charge < -0.3 is 5.73 Å². The van der Waals surface area contributed by atoms with Gasteiger partial charge in [0.2, 0.25) is 10.0 Å². The molecule has 0 saturated carbocycles. The molecule has 1 saturated heterocycles. The molecule has 0 aromatic heterocycles. The van der Waals surface area contributed by atoms with Gasteiger partial charge in [0.25, 0.3) is 0 Å². The van der Waals surface area contributed by atoms with Crippen LogP contribution in [0.1, 0.15) is 25.3 Å². The van der Waals surface area contributed by atoms with Crippen LogP contribution in [0.15, 0.2) is 23.1 Å². The van der Waals surface area contributed by atoms with Crippen molar-refractivity contribution < 1.29 is 12.8 Å². The maximum absolute atomic E-state index is 13.1. The van der Waals surface area contributed by atoms with Crippen molar-refractivity contribution in [3.8, 4) is 0 Å². The lowest BCUT2D eigenvalue weighted by atomic mass is 9.93. The topological polar surface area (TPSA) is 63.4 Å². The highest BCUT2D eigenvalue weighted by atomic mass is 32.2. The highest BCUT2D eigenvalue weighted by molar-refractivity contribution is 7.89. The van der Waals surface area contributed by atoms with E-state index in [9.17, 15) is 12.8 Å². The second-order valence-electron chi connectivity index (χ2n) is 5.53. The molecule has 0 unspecified atom stereocenters. The van der Waals surface area contributed by atoms with Crippen molar-refractivity contribution in [1.29, 1.82) is 0 Å². The Labute approximate surface area is 119 Å². The van der Waals surface area contributed by atoms with E-state index in [0.717, 1.165) is 12.8 Å². The molecule has 0 radical (unpaired) electrons. The quantitative estimate of drug-likeness (QED) is 0.927. The Morgan fingerprint density at radius 2 is 2.15 bits per heavy atom.